The van der Waals surface area contributed by atoms with Gasteiger partial charge in [-0.3, -0.25) is 9.59 Å². The highest BCUT2D eigenvalue weighted by Gasteiger charge is 2.35. The summed E-state index contributed by atoms with van der Waals surface area (Å²) in [7, 11) is 0. The van der Waals surface area contributed by atoms with Crippen LogP contribution in [0.25, 0.3) is 0 Å². The zero-order valence-corrected chi connectivity index (χ0v) is 14.5. The van der Waals surface area contributed by atoms with Crippen LogP contribution in [-0.4, -0.2) is 53.8 Å². The smallest absolute Gasteiger partial charge is 0.242 e. The first-order chi connectivity index (χ1) is 11.6. The highest BCUT2D eigenvalue weighted by atomic mass is 16.2. The number of hydrogen-bond acceptors (Lipinski definition) is 3. The summed E-state index contributed by atoms with van der Waals surface area (Å²) < 4.78 is 0. The van der Waals surface area contributed by atoms with Gasteiger partial charge >= 0.3 is 0 Å². The average Bonchev–Trinajstić information content (AvgIpc) is 3.20. The van der Waals surface area contributed by atoms with Crippen LogP contribution in [0.4, 0.5) is 0 Å². The molecule has 2 saturated heterocycles. The highest BCUT2D eigenvalue weighted by molar-refractivity contribution is 5.90. The van der Waals surface area contributed by atoms with Crippen LogP contribution < -0.4 is 5.32 Å². The van der Waals surface area contributed by atoms with Gasteiger partial charge < -0.3 is 15.1 Å². The molecule has 0 saturated carbocycles. The van der Waals surface area contributed by atoms with E-state index in [1.54, 1.807) is 4.90 Å². The molecule has 5 heteroatoms. The molecular formula is C19H27N3O2. The summed E-state index contributed by atoms with van der Waals surface area (Å²) in [5.74, 6) is 0.0717. The molecule has 0 bridgehead atoms. The van der Waals surface area contributed by atoms with Crippen molar-refractivity contribution in [3.05, 3.63) is 35.4 Å². The first-order valence-electron chi connectivity index (χ1n) is 8.98. The molecule has 2 fully saturated rings. The molecule has 5 nitrogen and oxygen atoms in total. The normalized spacial score (nSPS) is 21.5. The van der Waals surface area contributed by atoms with E-state index in [9.17, 15) is 9.59 Å². The number of nitrogens with one attached hydrogen (secondary N) is 1. The van der Waals surface area contributed by atoms with Crippen LogP contribution in [0.3, 0.4) is 0 Å². The van der Waals surface area contributed by atoms with Crippen LogP contribution in [0.1, 0.15) is 36.8 Å². The molecule has 0 spiro atoms. The van der Waals surface area contributed by atoms with E-state index in [0.29, 0.717) is 25.9 Å². The van der Waals surface area contributed by atoms with Crippen molar-refractivity contribution in [3.8, 4) is 0 Å². The van der Waals surface area contributed by atoms with Gasteiger partial charge in [-0.2, -0.15) is 0 Å². The third kappa shape index (κ3) is 4.15. The van der Waals surface area contributed by atoms with Crippen LogP contribution in [0, 0.1) is 6.92 Å². The first kappa shape index (κ1) is 17.0. The number of benzene rings is 1. The quantitative estimate of drug-likeness (QED) is 0.864. The van der Waals surface area contributed by atoms with Crippen molar-refractivity contribution < 1.29 is 9.59 Å². The van der Waals surface area contributed by atoms with E-state index in [1.165, 1.54) is 18.4 Å². The van der Waals surface area contributed by atoms with Crippen LogP contribution in [-0.2, 0) is 16.1 Å². The second-order valence-electron chi connectivity index (χ2n) is 6.90. The van der Waals surface area contributed by atoms with E-state index in [2.05, 4.69) is 10.2 Å². The van der Waals surface area contributed by atoms with Crippen molar-refractivity contribution in [1.82, 2.24) is 15.1 Å². The summed E-state index contributed by atoms with van der Waals surface area (Å²) in [6.45, 7) is 6.41. The summed E-state index contributed by atoms with van der Waals surface area (Å²) >= 11 is 0. The Hall–Kier alpha value is -1.88. The fourth-order valence-corrected chi connectivity index (χ4v) is 3.56. The van der Waals surface area contributed by atoms with E-state index >= 15 is 0 Å². The minimum Gasteiger partial charge on any atom is -0.353 e. The number of carbonyl (C=O) groups is 2. The predicted octanol–water partition coefficient (Wildman–Crippen LogP) is 1.70. The fourth-order valence-electron chi connectivity index (χ4n) is 3.56. The van der Waals surface area contributed by atoms with E-state index in [0.717, 1.165) is 25.2 Å². The Morgan fingerprint density at radius 2 is 1.92 bits per heavy atom. The van der Waals surface area contributed by atoms with E-state index in [-0.39, 0.29) is 17.9 Å². The molecule has 1 N–H and O–H groups in total. The highest BCUT2D eigenvalue weighted by Crippen LogP contribution is 2.22. The van der Waals surface area contributed by atoms with Crippen molar-refractivity contribution >= 4 is 11.8 Å². The van der Waals surface area contributed by atoms with Crippen molar-refractivity contribution in [2.75, 3.05) is 26.2 Å². The van der Waals surface area contributed by atoms with Gasteiger partial charge in [-0.15, -0.1) is 0 Å². The second kappa shape index (κ2) is 7.79. The van der Waals surface area contributed by atoms with Crippen molar-refractivity contribution in [1.29, 1.82) is 0 Å². The van der Waals surface area contributed by atoms with Gasteiger partial charge in [-0.05, 0) is 44.8 Å². The summed E-state index contributed by atoms with van der Waals surface area (Å²) in [5, 5.41) is 3.02. The number of aryl methyl sites for hydroxylation is 1. The number of hydrogen-bond donors (Lipinski definition) is 1. The van der Waals surface area contributed by atoms with Crippen LogP contribution in [0.2, 0.25) is 0 Å². The Morgan fingerprint density at radius 1 is 1.21 bits per heavy atom. The monoisotopic (exact) mass is 329 g/mol. The van der Waals surface area contributed by atoms with Gasteiger partial charge in [0.1, 0.15) is 6.04 Å². The maximum atomic E-state index is 12.5. The lowest BCUT2D eigenvalue weighted by Crippen LogP contribution is -2.46. The Kier molecular flexibility index (Phi) is 5.51. The molecule has 0 aliphatic carbocycles. The van der Waals surface area contributed by atoms with Gasteiger partial charge in [0, 0.05) is 26.1 Å². The minimum absolute atomic E-state index is 0.00726. The third-order valence-corrected chi connectivity index (χ3v) is 5.03. The lowest BCUT2D eigenvalue weighted by atomic mass is 10.1. The molecule has 2 aliphatic heterocycles. The van der Waals surface area contributed by atoms with Crippen LogP contribution >= 0.6 is 0 Å². The van der Waals surface area contributed by atoms with Gasteiger partial charge in [-0.25, -0.2) is 0 Å². The topological polar surface area (TPSA) is 52.7 Å². The number of carbonyl (C=O) groups excluding carboxylic acids is 2. The van der Waals surface area contributed by atoms with E-state index in [1.807, 2.05) is 31.2 Å². The van der Waals surface area contributed by atoms with E-state index in [4.69, 9.17) is 0 Å². The van der Waals surface area contributed by atoms with Crippen LogP contribution in [0.15, 0.2) is 24.3 Å². The molecular weight excluding hydrogens is 302 g/mol. The molecule has 0 radical (unpaired) electrons. The molecule has 1 atom stereocenters. The average molecular weight is 329 g/mol. The zero-order chi connectivity index (χ0) is 16.9. The lowest BCUT2D eigenvalue weighted by Gasteiger charge is -2.25. The van der Waals surface area contributed by atoms with Gasteiger partial charge in [0.2, 0.25) is 11.8 Å². The second-order valence-corrected chi connectivity index (χ2v) is 6.90. The maximum absolute atomic E-state index is 12.5. The van der Waals surface area contributed by atoms with Gasteiger partial charge in [0.15, 0.2) is 0 Å². The summed E-state index contributed by atoms with van der Waals surface area (Å²) in [6.07, 6.45) is 3.61. The van der Waals surface area contributed by atoms with E-state index < -0.39 is 0 Å². The fraction of sp³-hybridized carbons (Fsp3) is 0.579. The van der Waals surface area contributed by atoms with Gasteiger partial charge in [0.25, 0.3) is 0 Å². The standard InChI is InChI=1S/C19H27N3O2/c1-15-4-6-16(7-5-15)14-22-17(8-9-18(22)23)19(24)20-10-13-21-11-2-3-12-21/h4-7,17H,2-3,8-14H2,1H3,(H,20,24). The molecule has 1 unspecified atom stereocenters. The molecule has 2 amide bonds. The van der Waals surface area contributed by atoms with Crippen LogP contribution in [0.5, 0.6) is 0 Å². The summed E-state index contributed by atoms with van der Waals surface area (Å²) in [6, 6.07) is 7.83. The number of likely N-dealkylation sites (tertiary alicyclic amines) is 2. The first-order valence-corrected chi connectivity index (χ1v) is 8.98. The van der Waals surface area contributed by atoms with Gasteiger partial charge in [-0.1, -0.05) is 29.8 Å². The Morgan fingerprint density at radius 3 is 2.62 bits per heavy atom. The Labute approximate surface area is 144 Å². The summed E-state index contributed by atoms with van der Waals surface area (Å²) in [4.78, 5) is 28.8. The van der Waals surface area contributed by atoms with Crippen molar-refractivity contribution in [3.63, 3.8) is 0 Å². The number of nitrogens with zero attached hydrogens (tertiary/aromatic N) is 2. The Bertz CT molecular complexity index is 579. The van der Waals surface area contributed by atoms with Gasteiger partial charge in [0.05, 0.1) is 0 Å². The third-order valence-electron chi connectivity index (χ3n) is 5.03. The lowest BCUT2D eigenvalue weighted by molar-refractivity contribution is -0.135. The minimum atomic E-state index is -0.322. The molecule has 24 heavy (non-hydrogen) atoms. The maximum Gasteiger partial charge on any atom is 0.242 e. The van der Waals surface area contributed by atoms with Crippen molar-refractivity contribution in [2.45, 2.75) is 45.2 Å². The molecule has 2 aliphatic rings. The number of amides is 2. The SMILES string of the molecule is Cc1ccc(CN2C(=O)CCC2C(=O)NCCN2CCCC2)cc1. The zero-order valence-electron chi connectivity index (χ0n) is 14.5. The predicted molar refractivity (Wildman–Crippen MR) is 93.4 cm³/mol. The Balaban J connectivity index is 1.53. The molecule has 0 aromatic heterocycles. The molecule has 1 aromatic rings. The summed E-state index contributed by atoms with van der Waals surface area (Å²) in [5.41, 5.74) is 2.27. The molecule has 2 heterocycles. The van der Waals surface area contributed by atoms with Crippen molar-refractivity contribution in [2.24, 2.45) is 0 Å². The number of rotatable bonds is 6. The molecule has 130 valence electrons. The molecule has 1 aromatic carbocycles. The molecule has 3 rings (SSSR count). The largest absolute Gasteiger partial charge is 0.353 e.